The molecule has 9 heavy (non-hydrogen) atoms. The Labute approximate surface area is 61.6 Å². The fraction of sp³-hybridized carbons (Fsp3) is 0.875. The molecular weight excluding hydrogens is 128 g/mol. The fourth-order valence-corrected chi connectivity index (χ4v) is 2.05. The topological polar surface area (TPSA) is 0 Å². The lowest BCUT2D eigenvalue weighted by Gasteiger charge is -2.03. The Morgan fingerprint density at radius 2 is 2.00 bits per heavy atom. The predicted molar refractivity (Wildman–Crippen MR) is 49.6 cm³/mol. The van der Waals surface area contributed by atoms with Crippen LogP contribution in [0.15, 0.2) is 0 Å². The lowest BCUT2D eigenvalue weighted by atomic mass is 10.1. The average molecular weight is 146 g/mol. The lowest BCUT2D eigenvalue weighted by Crippen LogP contribution is -1.93. The molecule has 0 radical (unpaired) electrons. The highest BCUT2D eigenvalue weighted by atomic mass is 32.2. The van der Waals surface area contributed by atoms with E-state index in [2.05, 4.69) is 31.7 Å². The van der Waals surface area contributed by atoms with Gasteiger partial charge in [-0.25, -0.2) is 0 Å². The summed E-state index contributed by atoms with van der Waals surface area (Å²) in [5.41, 5.74) is 0. The maximum Gasteiger partial charge on any atom is -0.0207 e. The van der Waals surface area contributed by atoms with E-state index in [1.165, 1.54) is 12.8 Å². The molecule has 0 nitrogen and oxygen atoms in total. The first-order valence-electron chi connectivity index (χ1n) is 3.58. The van der Waals surface area contributed by atoms with Crippen LogP contribution in [0.5, 0.6) is 0 Å². The summed E-state index contributed by atoms with van der Waals surface area (Å²) < 4.78 is 0. The van der Waals surface area contributed by atoms with Crippen LogP contribution < -0.4 is 0 Å². The standard InChI is InChI=1S/C8H18S/c1-5-6-8(2)7-9(3)4/h7-8H,5-6H2,1-4H3. The van der Waals surface area contributed by atoms with Crippen LogP contribution in [0, 0.1) is 5.92 Å². The average Bonchev–Trinajstić information content (AvgIpc) is 1.63. The summed E-state index contributed by atoms with van der Waals surface area (Å²) >= 11 is 0. The quantitative estimate of drug-likeness (QED) is 0.537. The van der Waals surface area contributed by atoms with Crippen molar-refractivity contribution >= 4 is 15.9 Å². The molecule has 0 heterocycles. The summed E-state index contributed by atoms with van der Waals surface area (Å²) in [7, 11) is 0.528. The van der Waals surface area contributed by atoms with E-state index >= 15 is 0 Å². The van der Waals surface area contributed by atoms with Crippen molar-refractivity contribution in [3.8, 4) is 0 Å². The molecule has 0 aliphatic rings. The molecule has 0 saturated carbocycles. The van der Waals surface area contributed by atoms with Gasteiger partial charge in [0.25, 0.3) is 0 Å². The van der Waals surface area contributed by atoms with Crippen molar-refractivity contribution in [2.75, 3.05) is 12.5 Å². The molecule has 0 bridgehead atoms. The van der Waals surface area contributed by atoms with Gasteiger partial charge in [-0.15, -0.1) is 0 Å². The first kappa shape index (κ1) is 9.22. The van der Waals surface area contributed by atoms with Gasteiger partial charge in [-0.2, -0.15) is 10.5 Å². The summed E-state index contributed by atoms with van der Waals surface area (Å²) in [5, 5.41) is 2.45. The maximum atomic E-state index is 2.45. The number of hydrogen-bond acceptors (Lipinski definition) is 0. The highest BCUT2D eigenvalue weighted by Crippen LogP contribution is 2.07. The monoisotopic (exact) mass is 146 g/mol. The molecule has 1 unspecified atom stereocenters. The molecule has 1 atom stereocenters. The van der Waals surface area contributed by atoms with Crippen molar-refractivity contribution in [1.82, 2.24) is 0 Å². The first-order valence-corrected chi connectivity index (χ1v) is 5.68. The summed E-state index contributed by atoms with van der Waals surface area (Å²) in [4.78, 5) is 0. The van der Waals surface area contributed by atoms with Crippen molar-refractivity contribution in [1.29, 1.82) is 0 Å². The molecule has 0 aliphatic carbocycles. The van der Waals surface area contributed by atoms with Crippen LogP contribution in [0.3, 0.4) is 0 Å². The molecular formula is C8H18S. The van der Waals surface area contributed by atoms with Gasteiger partial charge in [-0.05, 0) is 24.9 Å². The molecule has 0 aliphatic heterocycles. The van der Waals surface area contributed by atoms with Gasteiger partial charge in [0.15, 0.2) is 0 Å². The van der Waals surface area contributed by atoms with Gasteiger partial charge < -0.3 is 0 Å². The zero-order valence-corrected chi connectivity index (χ0v) is 7.79. The Morgan fingerprint density at radius 1 is 1.44 bits per heavy atom. The van der Waals surface area contributed by atoms with Gasteiger partial charge in [0.05, 0.1) is 0 Å². The van der Waals surface area contributed by atoms with E-state index in [1.807, 2.05) is 0 Å². The second-order valence-corrected chi connectivity index (χ2v) is 4.81. The Bertz CT molecular complexity index is 90.7. The van der Waals surface area contributed by atoms with E-state index in [9.17, 15) is 0 Å². The second-order valence-electron chi connectivity index (χ2n) is 2.78. The van der Waals surface area contributed by atoms with Crippen molar-refractivity contribution in [3.63, 3.8) is 0 Å². The van der Waals surface area contributed by atoms with Gasteiger partial charge in [-0.1, -0.05) is 25.6 Å². The molecule has 0 rings (SSSR count). The van der Waals surface area contributed by atoms with Crippen LogP contribution in [0.2, 0.25) is 0 Å². The van der Waals surface area contributed by atoms with Gasteiger partial charge >= 0.3 is 0 Å². The summed E-state index contributed by atoms with van der Waals surface area (Å²) in [6.45, 7) is 4.55. The minimum atomic E-state index is 0.528. The van der Waals surface area contributed by atoms with Crippen LogP contribution in [-0.2, 0) is 0 Å². The minimum absolute atomic E-state index is 0.528. The van der Waals surface area contributed by atoms with Crippen molar-refractivity contribution < 1.29 is 0 Å². The number of hydrogen-bond donors (Lipinski definition) is 0. The minimum Gasteiger partial charge on any atom is -0.196 e. The van der Waals surface area contributed by atoms with E-state index in [0.717, 1.165) is 5.92 Å². The lowest BCUT2D eigenvalue weighted by molar-refractivity contribution is 0.683. The van der Waals surface area contributed by atoms with E-state index in [0.29, 0.717) is 10.5 Å². The highest BCUT2D eigenvalue weighted by molar-refractivity contribution is 8.13. The predicted octanol–water partition coefficient (Wildman–Crippen LogP) is 2.75. The van der Waals surface area contributed by atoms with Gasteiger partial charge in [0, 0.05) is 0 Å². The van der Waals surface area contributed by atoms with Crippen molar-refractivity contribution in [2.45, 2.75) is 26.7 Å². The normalized spacial score (nSPS) is 13.9. The van der Waals surface area contributed by atoms with E-state index in [-0.39, 0.29) is 0 Å². The maximum absolute atomic E-state index is 2.45. The third-order valence-electron chi connectivity index (χ3n) is 1.25. The molecule has 1 heteroatoms. The van der Waals surface area contributed by atoms with Crippen molar-refractivity contribution in [3.05, 3.63) is 0 Å². The fourth-order valence-electron chi connectivity index (χ4n) is 0.988. The largest absolute Gasteiger partial charge is 0.196 e. The summed E-state index contributed by atoms with van der Waals surface area (Å²) in [5.74, 6) is 0.827. The van der Waals surface area contributed by atoms with Gasteiger partial charge in [0.1, 0.15) is 0 Å². The molecule has 0 fully saturated rings. The van der Waals surface area contributed by atoms with Crippen LogP contribution in [0.25, 0.3) is 0 Å². The van der Waals surface area contributed by atoms with Gasteiger partial charge in [-0.3, -0.25) is 0 Å². The molecule has 0 aromatic heterocycles. The Balaban J connectivity index is 3.49. The van der Waals surface area contributed by atoms with Crippen LogP contribution >= 0.6 is 10.5 Å². The first-order chi connectivity index (χ1) is 4.16. The molecule has 0 saturated heterocycles. The van der Waals surface area contributed by atoms with Gasteiger partial charge in [0.2, 0.25) is 0 Å². The van der Waals surface area contributed by atoms with E-state index in [1.54, 1.807) is 0 Å². The van der Waals surface area contributed by atoms with E-state index in [4.69, 9.17) is 0 Å². The molecule has 0 spiro atoms. The zero-order valence-electron chi connectivity index (χ0n) is 6.98. The molecule has 0 amide bonds. The third kappa shape index (κ3) is 6.10. The molecule has 0 aromatic rings. The number of rotatable bonds is 3. The Morgan fingerprint density at radius 3 is 2.33 bits per heavy atom. The summed E-state index contributed by atoms with van der Waals surface area (Å²) in [6.07, 6.45) is 7.21. The van der Waals surface area contributed by atoms with Crippen LogP contribution in [-0.4, -0.2) is 17.9 Å². The molecule has 0 N–H and O–H groups in total. The van der Waals surface area contributed by atoms with Crippen LogP contribution in [0.1, 0.15) is 26.7 Å². The van der Waals surface area contributed by atoms with E-state index < -0.39 is 0 Å². The Hall–Kier alpha value is 0.220. The SMILES string of the molecule is CCCC(C)C=S(C)C. The summed E-state index contributed by atoms with van der Waals surface area (Å²) in [6, 6.07) is 0. The van der Waals surface area contributed by atoms with Crippen molar-refractivity contribution in [2.24, 2.45) is 5.92 Å². The molecule has 0 aromatic carbocycles. The Kier molecular flexibility index (Phi) is 5.16. The molecule has 56 valence electrons. The second kappa shape index (κ2) is 5.04. The smallest absolute Gasteiger partial charge is 0.0207 e. The zero-order chi connectivity index (χ0) is 7.28. The third-order valence-corrected chi connectivity index (χ3v) is 2.26. The highest BCUT2D eigenvalue weighted by Gasteiger charge is 1.92. The van der Waals surface area contributed by atoms with Crippen LogP contribution in [0.4, 0.5) is 0 Å².